The van der Waals surface area contributed by atoms with Gasteiger partial charge in [0.1, 0.15) is 0 Å². The number of nitrogens with two attached hydrogens (primary N) is 1. The van der Waals surface area contributed by atoms with Crippen LogP contribution >= 0.6 is 0 Å². The van der Waals surface area contributed by atoms with Gasteiger partial charge in [-0.2, -0.15) is 0 Å². The standard InChI is InChI=1S/C8H13N3/c1-5-4-11-6(2)7(5)3-8(9)10/h4,11H,3H2,1-2H3,(H3,9,10). The summed E-state index contributed by atoms with van der Waals surface area (Å²) in [5, 5.41) is 7.13. The molecule has 3 nitrogen and oxygen atoms in total. The third-order valence-electron chi connectivity index (χ3n) is 1.80. The summed E-state index contributed by atoms with van der Waals surface area (Å²) in [4.78, 5) is 3.09. The molecule has 0 aromatic carbocycles. The molecule has 1 aromatic heterocycles. The van der Waals surface area contributed by atoms with E-state index in [-0.39, 0.29) is 5.84 Å². The van der Waals surface area contributed by atoms with E-state index in [1.807, 2.05) is 20.0 Å². The maximum Gasteiger partial charge on any atom is 0.0950 e. The van der Waals surface area contributed by atoms with Crippen molar-refractivity contribution in [2.24, 2.45) is 5.73 Å². The van der Waals surface area contributed by atoms with Crippen LogP contribution in [0.3, 0.4) is 0 Å². The van der Waals surface area contributed by atoms with Crippen LogP contribution in [0, 0.1) is 19.3 Å². The van der Waals surface area contributed by atoms with Crippen molar-refractivity contribution in [1.29, 1.82) is 5.41 Å². The van der Waals surface area contributed by atoms with Gasteiger partial charge in [-0.1, -0.05) is 0 Å². The lowest BCUT2D eigenvalue weighted by Crippen LogP contribution is -2.13. The zero-order valence-corrected chi connectivity index (χ0v) is 6.86. The van der Waals surface area contributed by atoms with E-state index in [2.05, 4.69) is 4.98 Å². The molecule has 1 heterocycles. The van der Waals surface area contributed by atoms with Gasteiger partial charge in [0.2, 0.25) is 0 Å². The molecule has 0 radical (unpaired) electrons. The number of aromatic nitrogens is 1. The summed E-state index contributed by atoms with van der Waals surface area (Å²) in [5.74, 6) is 0.218. The minimum atomic E-state index is 0.218. The highest BCUT2D eigenvalue weighted by atomic mass is 14.7. The Kier molecular flexibility index (Phi) is 1.98. The number of nitrogens with one attached hydrogen (secondary N) is 2. The molecule has 1 rings (SSSR count). The Morgan fingerprint density at radius 1 is 1.64 bits per heavy atom. The Balaban J connectivity index is 2.92. The van der Waals surface area contributed by atoms with E-state index in [0.717, 1.165) is 11.3 Å². The van der Waals surface area contributed by atoms with Crippen molar-refractivity contribution in [2.75, 3.05) is 0 Å². The topological polar surface area (TPSA) is 65.7 Å². The lowest BCUT2D eigenvalue weighted by molar-refractivity contribution is 1.16. The molecule has 0 fully saturated rings. The van der Waals surface area contributed by atoms with Crippen LogP contribution in [0.4, 0.5) is 0 Å². The summed E-state index contributed by atoms with van der Waals surface area (Å²) in [6.07, 6.45) is 2.49. The predicted molar refractivity (Wildman–Crippen MR) is 45.9 cm³/mol. The molecule has 0 saturated heterocycles. The van der Waals surface area contributed by atoms with Crippen LogP contribution in [0.5, 0.6) is 0 Å². The third kappa shape index (κ3) is 1.61. The van der Waals surface area contributed by atoms with Crippen LogP contribution < -0.4 is 5.73 Å². The molecular weight excluding hydrogens is 138 g/mol. The van der Waals surface area contributed by atoms with E-state index in [1.165, 1.54) is 5.56 Å². The highest BCUT2D eigenvalue weighted by molar-refractivity contribution is 5.80. The van der Waals surface area contributed by atoms with Crippen molar-refractivity contribution in [3.05, 3.63) is 23.0 Å². The normalized spacial score (nSPS) is 10.0. The first-order chi connectivity index (χ1) is 5.11. The average molecular weight is 151 g/mol. The molecule has 0 aliphatic rings. The molecule has 0 aliphatic carbocycles. The van der Waals surface area contributed by atoms with Gasteiger partial charge in [0.25, 0.3) is 0 Å². The van der Waals surface area contributed by atoms with Crippen molar-refractivity contribution in [2.45, 2.75) is 20.3 Å². The molecule has 0 amide bonds. The van der Waals surface area contributed by atoms with Gasteiger partial charge in [0.05, 0.1) is 5.84 Å². The fourth-order valence-corrected chi connectivity index (χ4v) is 1.15. The quantitative estimate of drug-likeness (QED) is 0.430. The highest BCUT2D eigenvalue weighted by Gasteiger charge is 2.04. The average Bonchev–Trinajstić information content (AvgIpc) is 2.18. The number of amidine groups is 1. The summed E-state index contributed by atoms with van der Waals surface area (Å²) in [5.41, 5.74) is 8.73. The molecule has 11 heavy (non-hydrogen) atoms. The number of H-pyrrole nitrogens is 1. The first kappa shape index (κ1) is 7.85. The Bertz CT molecular complexity index is 253. The van der Waals surface area contributed by atoms with Crippen LogP contribution in [-0.4, -0.2) is 10.8 Å². The molecule has 0 atom stereocenters. The van der Waals surface area contributed by atoms with Crippen LogP contribution in [0.1, 0.15) is 16.8 Å². The van der Waals surface area contributed by atoms with E-state index in [4.69, 9.17) is 11.1 Å². The predicted octanol–water partition coefficient (Wildman–Crippen LogP) is 1.11. The summed E-state index contributed by atoms with van der Waals surface area (Å²) in [6, 6.07) is 0. The zero-order chi connectivity index (χ0) is 8.43. The Morgan fingerprint density at radius 2 is 2.27 bits per heavy atom. The molecule has 0 aliphatic heterocycles. The van der Waals surface area contributed by atoms with Crippen molar-refractivity contribution in [3.63, 3.8) is 0 Å². The molecule has 0 spiro atoms. The van der Waals surface area contributed by atoms with Crippen LogP contribution in [0.15, 0.2) is 6.20 Å². The van der Waals surface area contributed by atoms with E-state index < -0.39 is 0 Å². The maximum atomic E-state index is 7.13. The van der Waals surface area contributed by atoms with Gasteiger partial charge in [-0.25, -0.2) is 0 Å². The van der Waals surface area contributed by atoms with E-state index >= 15 is 0 Å². The summed E-state index contributed by atoms with van der Waals surface area (Å²) in [7, 11) is 0. The first-order valence-electron chi connectivity index (χ1n) is 3.57. The molecule has 3 heteroatoms. The van der Waals surface area contributed by atoms with Crippen LogP contribution in [-0.2, 0) is 6.42 Å². The SMILES string of the molecule is Cc1c[nH]c(C)c1CC(=N)N. The second-order valence-corrected chi connectivity index (χ2v) is 2.78. The van der Waals surface area contributed by atoms with Gasteiger partial charge in [-0.15, -0.1) is 0 Å². The second-order valence-electron chi connectivity index (χ2n) is 2.78. The fourth-order valence-electron chi connectivity index (χ4n) is 1.15. The maximum absolute atomic E-state index is 7.13. The zero-order valence-electron chi connectivity index (χ0n) is 6.86. The third-order valence-corrected chi connectivity index (χ3v) is 1.80. The largest absolute Gasteiger partial charge is 0.387 e. The summed E-state index contributed by atoms with van der Waals surface area (Å²) >= 11 is 0. The highest BCUT2D eigenvalue weighted by Crippen LogP contribution is 2.11. The minimum absolute atomic E-state index is 0.218. The number of rotatable bonds is 2. The number of hydrogen-bond donors (Lipinski definition) is 3. The van der Waals surface area contributed by atoms with E-state index in [0.29, 0.717) is 6.42 Å². The molecule has 0 bridgehead atoms. The van der Waals surface area contributed by atoms with Gasteiger partial charge in [0.15, 0.2) is 0 Å². The van der Waals surface area contributed by atoms with E-state index in [1.54, 1.807) is 0 Å². The Labute approximate surface area is 66.1 Å². The fraction of sp³-hybridized carbons (Fsp3) is 0.375. The number of hydrogen-bond acceptors (Lipinski definition) is 1. The Morgan fingerprint density at radius 3 is 2.64 bits per heavy atom. The van der Waals surface area contributed by atoms with Crippen molar-refractivity contribution < 1.29 is 0 Å². The van der Waals surface area contributed by atoms with Crippen molar-refractivity contribution in [1.82, 2.24) is 4.98 Å². The molecule has 0 unspecified atom stereocenters. The molecular formula is C8H13N3. The monoisotopic (exact) mass is 151 g/mol. The van der Waals surface area contributed by atoms with Gasteiger partial charge in [-0.3, -0.25) is 5.41 Å². The molecule has 1 aromatic rings. The van der Waals surface area contributed by atoms with Crippen LogP contribution in [0.25, 0.3) is 0 Å². The summed E-state index contributed by atoms with van der Waals surface area (Å²) < 4.78 is 0. The molecule has 4 N–H and O–H groups in total. The number of aromatic amines is 1. The Hall–Kier alpha value is -1.25. The number of aryl methyl sites for hydroxylation is 2. The smallest absolute Gasteiger partial charge is 0.0950 e. The lowest BCUT2D eigenvalue weighted by atomic mass is 10.1. The van der Waals surface area contributed by atoms with Gasteiger partial charge in [0, 0.05) is 18.3 Å². The molecule has 60 valence electrons. The van der Waals surface area contributed by atoms with Crippen molar-refractivity contribution in [3.8, 4) is 0 Å². The summed E-state index contributed by atoms with van der Waals surface area (Å²) in [6.45, 7) is 4.01. The van der Waals surface area contributed by atoms with Gasteiger partial charge in [-0.05, 0) is 25.0 Å². The van der Waals surface area contributed by atoms with E-state index in [9.17, 15) is 0 Å². The van der Waals surface area contributed by atoms with Gasteiger partial charge < -0.3 is 10.7 Å². The second kappa shape index (κ2) is 2.78. The van der Waals surface area contributed by atoms with Crippen molar-refractivity contribution >= 4 is 5.84 Å². The lowest BCUT2D eigenvalue weighted by Gasteiger charge is -1.98. The first-order valence-corrected chi connectivity index (χ1v) is 3.57. The van der Waals surface area contributed by atoms with Crippen LogP contribution in [0.2, 0.25) is 0 Å². The van der Waals surface area contributed by atoms with Gasteiger partial charge >= 0.3 is 0 Å². The molecule has 0 saturated carbocycles. The minimum Gasteiger partial charge on any atom is -0.387 e.